The molecule has 0 radical (unpaired) electrons. The highest BCUT2D eigenvalue weighted by molar-refractivity contribution is 5.53. The van der Waals surface area contributed by atoms with E-state index in [2.05, 4.69) is 25.5 Å². The summed E-state index contributed by atoms with van der Waals surface area (Å²) in [5.41, 5.74) is 3.38. The van der Waals surface area contributed by atoms with Crippen molar-refractivity contribution in [1.29, 1.82) is 0 Å². The molecule has 1 aliphatic heterocycles. The molecule has 7 heteroatoms. The van der Waals surface area contributed by atoms with E-state index < -0.39 is 0 Å². The SMILES string of the molecule is Oc1ccc2c(c1)C1(CC1)CN(c1ccc3nnnn3n1)C2. The van der Waals surface area contributed by atoms with E-state index in [1.165, 1.54) is 15.8 Å². The molecule has 3 aromatic rings. The number of hydrogen-bond donors (Lipinski definition) is 1. The van der Waals surface area contributed by atoms with Gasteiger partial charge in [0, 0.05) is 18.5 Å². The summed E-state index contributed by atoms with van der Waals surface area (Å²) < 4.78 is 1.46. The summed E-state index contributed by atoms with van der Waals surface area (Å²) in [5, 5.41) is 25.7. The van der Waals surface area contributed by atoms with Gasteiger partial charge in [-0.3, -0.25) is 0 Å². The maximum Gasteiger partial charge on any atom is 0.200 e. The first kappa shape index (κ1) is 11.9. The van der Waals surface area contributed by atoms with Gasteiger partial charge in [0.1, 0.15) is 5.75 Å². The predicted molar refractivity (Wildman–Crippen MR) is 78.6 cm³/mol. The molecule has 22 heavy (non-hydrogen) atoms. The molecular formula is C15H14N6O. The van der Waals surface area contributed by atoms with Gasteiger partial charge in [0.2, 0.25) is 0 Å². The normalized spacial score (nSPS) is 18.6. The molecule has 2 aromatic heterocycles. The number of phenols is 1. The summed E-state index contributed by atoms with van der Waals surface area (Å²) in [6.07, 6.45) is 2.32. The Balaban J connectivity index is 1.58. The minimum absolute atomic E-state index is 0.170. The van der Waals surface area contributed by atoms with E-state index in [4.69, 9.17) is 0 Å². The zero-order chi connectivity index (χ0) is 14.7. The van der Waals surface area contributed by atoms with Crippen molar-refractivity contribution in [3.8, 4) is 5.75 Å². The second kappa shape index (κ2) is 3.94. The highest BCUT2D eigenvalue weighted by atomic mass is 16.3. The van der Waals surface area contributed by atoms with Gasteiger partial charge in [-0.1, -0.05) is 6.07 Å². The molecule has 1 fully saturated rings. The van der Waals surface area contributed by atoms with Crippen molar-refractivity contribution >= 4 is 11.5 Å². The van der Waals surface area contributed by atoms with Crippen LogP contribution in [0.4, 0.5) is 5.82 Å². The van der Waals surface area contributed by atoms with Gasteiger partial charge in [0.15, 0.2) is 11.5 Å². The molecule has 0 amide bonds. The Hall–Kier alpha value is -2.70. The Bertz CT molecular complexity index is 885. The number of aromatic nitrogens is 5. The van der Waals surface area contributed by atoms with Crippen LogP contribution in [0.15, 0.2) is 30.3 Å². The van der Waals surface area contributed by atoms with E-state index in [-0.39, 0.29) is 5.41 Å². The molecule has 7 nitrogen and oxygen atoms in total. The van der Waals surface area contributed by atoms with Crippen LogP contribution in [0, 0.1) is 0 Å². The number of hydrogen-bond acceptors (Lipinski definition) is 6. The third-order valence-corrected chi connectivity index (χ3v) is 4.75. The quantitative estimate of drug-likeness (QED) is 0.728. The molecule has 1 aliphatic carbocycles. The van der Waals surface area contributed by atoms with Gasteiger partial charge < -0.3 is 10.0 Å². The van der Waals surface area contributed by atoms with Gasteiger partial charge in [0.25, 0.3) is 0 Å². The van der Waals surface area contributed by atoms with Crippen molar-refractivity contribution in [3.63, 3.8) is 0 Å². The molecule has 1 aromatic carbocycles. The molecule has 1 saturated carbocycles. The van der Waals surface area contributed by atoms with Crippen molar-refractivity contribution < 1.29 is 5.11 Å². The average molecular weight is 294 g/mol. The highest BCUT2D eigenvalue weighted by Crippen LogP contribution is 2.53. The molecule has 0 bridgehead atoms. The van der Waals surface area contributed by atoms with E-state index >= 15 is 0 Å². The van der Waals surface area contributed by atoms with Gasteiger partial charge in [-0.25, -0.2) is 0 Å². The number of fused-ring (bicyclic) bond motifs is 3. The van der Waals surface area contributed by atoms with E-state index in [1.807, 2.05) is 24.3 Å². The van der Waals surface area contributed by atoms with Crippen LogP contribution in [0.2, 0.25) is 0 Å². The van der Waals surface area contributed by atoms with Gasteiger partial charge >= 0.3 is 0 Å². The lowest BCUT2D eigenvalue weighted by atomic mass is 9.87. The molecule has 1 spiro atoms. The predicted octanol–water partition coefficient (Wildman–Crippen LogP) is 1.28. The van der Waals surface area contributed by atoms with Crippen molar-refractivity contribution in [2.75, 3.05) is 11.4 Å². The summed E-state index contributed by atoms with van der Waals surface area (Å²) in [5.74, 6) is 1.23. The first-order valence-electron chi connectivity index (χ1n) is 7.36. The fraction of sp³-hybridized carbons (Fsp3) is 0.333. The Labute approximate surface area is 126 Å². The number of tetrazole rings is 1. The topological polar surface area (TPSA) is 79.4 Å². The highest BCUT2D eigenvalue weighted by Gasteiger charge is 2.49. The Morgan fingerprint density at radius 2 is 2.05 bits per heavy atom. The zero-order valence-electron chi connectivity index (χ0n) is 11.8. The first-order valence-corrected chi connectivity index (χ1v) is 7.36. The average Bonchev–Trinajstić information content (AvgIpc) is 3.13. The van der Waals surface area contributed by atoms with Crippen molar-refractivity contribution in [2.24, 2.45) is 0 Å². The van der Waals surface area contributed by atoms with Crippen LogP contribution >= 0.6 is 0 Å². The Morgan fingerprint density at radius 1 is 1.14 bits per heavy atom. The molecule has 110 valence electrons. The lowest BCUT2D eigenvalue weighted by Crippen LogP contribution is -2.38. The maximum atomic E-state index is 9.77. The van der Waals surface area contributed by atoms with Crippen LogP contribution in [-0.2, 0) is 12.0 Å². The van der Waals surface area contributed by atoms with Crippen LogP contribution in [-0.4, -0.2) is 36.9 Å². The monoisotopic (exact) mass is 294 g/mol. The number of phenolic OH excluding ortho intramolecular Hbond substituents is 1. The van der Waals surface area contributed by atoms with E-state index in [9.17, 15) is 5.11 Å². The maximum absolute atomic E-state index is 9.77. The van der Waals surface area contributed by atoms with Crippen LogP contribution in [0.5, 0.6) is 5.75 Å². The fourth-order valence-electron chi connectivity index (χ4n) is 3.46. The summed E-state index contributed by atoms with van der Waals surface area (Å²) in [4.78, 5) is 2.27. The lowest BCUT2D eigenvalue weighted by Gasteiger charge is -2.35. The van der Waals surface area contributed by atoms with Crippen LogP contribution < -0.4 is 4.90 Å². The Morgan fingerprint density at radius 3 is 2.91 bits per heavy atom. The molecule has 0 saturated heterocycles. The number of aromatic hydroxyl groups is 1. The minimum atomic E-state index is 0.170. The van der Waals surface area contributed by atoms with Gasteiger partial charge in [-0.2, -0.15) is 0 Å². The molecular weight excluding hydrogens is 280 g/mol. The molecule has 0 atom stereocenters. The van der Waals surface area contributed by atoms with Gasteiger partial charge in [-0.15, -0.1) is 14.8 Å². The van der Waals surface area contributed by atoms with E-state index in [0.717, 1.165) is 31.7 Å². The standard InChI is InChI=1S/C15H14N6O/c22-11-2-1-10-8-20(9-15(5-6-15)12(10)7-11)14-4-3-13-16-18-19-21(13)17-14/h1-4,7,22H,5-6,8-9H2. The second-order valence-electron chi connectivity index (χ2n) is 6.20. The third-order valence-electron chi connectivity index (χ3n) is 4.75. The van der Waals surface area contributed by atoms with Crippen LogP contribution in [0.3, 0.4) is 0 Å². The number of nitrogens with zero attached hydrogens (tertiary/aromatic N) is 6. The fourth-order valence-corrected chi connectivity index (χ4v) is 3.46. The summed E-state index contributed by atoms with van der Waals surface area (Å²) in [6.45, 7) is 1.71. The van der Waals surface area contributed by atoms with Crippen molar-refractivity contribution in [3.05, 3.63) is 41.5 Å². The van der Waals surface area contributed by atoms with Gasteiger partial charge in [0.05, 0.1) is 0 Å². The zero-order valence-corrected chi connectivity index (χ0v) is 11.8. The molecule has 0 unspecified atom stereocenters. The molecule has 1 N–H and O–H groups in total. The lowest BCUT2D eigenvalue weighted by molar-refractivity contribution is 0.470. The van der Waals surface area contributed by atoms with Crippen molar-refractivity contribution in [1.82, 2.24) is 25.3 Å². The smallest absolute Gasteiger partial charge is 0.200 e. The first-order chi connectivity index (χ1) is 10.7. The minimum Gasteiger partial charge on any atom is -0.508 e. The summed E-state index contributed by atoms with van der Waals surface area (Å²) >= 11 is 0. The van der Waals surface area contributed by atoms with Crippen LogP contribution in [0.25, 0.3) is 5.65 Å². The summed E-state index contributed by atoms with van der Waals surface area (Å²) in [6, 6.07) is 9.56. The largest absolute Gasteiger partial charge is 0.508 e. The number of rotatable bonds is 1. The van der Waals surface area contributed by atoms with E-state index in [1.54, 1.807) is 6.07 Å². The molecule has 3 heterocycles. The van der Waals surface area contributed by atoms with Gasteiger partial charge in [-0.05, 0) is 58.7 Å². The summed E-state index contributed by atoms with van der Waals surface area (Å²) in [7, 11) is 0. The van der Waals surface area contributed by atoms with E-state index in [0.29, 0.717) is 11.4 Å². The Kier molecular flexibility index (Phi) is 2.13. The number of anilines is 1. The number of benzene rings is 1. The van der Waals surface area contributed by atoms with Crippen molar-refractivity contribution in [2.45, 2.75) is 24.8 Å². The van der Waals surface area contributed by atoms with Crippen LogP contribution in [0.1, 0.15) is 24.0 Å². The second-order valence-corrected chi connectivity index (χ2v) is 6.20. The molecule has 2 aliphatic rings. The molecule has 5 rings (SSSR count). The third kappa shape index (κ3) is 1.62.